The number of nitrogen functional groups attached to an aromatic ring is 1. The van der Waals surface area contributed by atoms with Crippen LogP contribution >= 0.6 is 49.9 Å². The SMILES string of the molecule is CC(c1ccc(Br)s1)n1ncc(I)c1N. The monoisotopic (exact) mass is 397 g/mol. The van der Waals surface area contributed by atoms with Crippen molar-refractivity contribution in [3.8, 4) is 0 Å². The fraction of sp³-hybridized carbons (Fsp3) is 0.222. The highest BCUT2D eigenvalue weighted by atomic mass is 127. The molecule has 0 aromatic carbocycles. The Hall–Kier alpha value is -0.0800. The number of thiophene rings is 1. The number of rotatable bonds is 2. The summed E-state index contributed by atoms with van der Waals surface area (Å²) < 4.78 is 3.97. The Balaban J connectivity index is 2.36. The van der Waals surface area contributed by atoms with Crippen molar-refractivity contribution in [1.82, 2.24) is 9.78 Å². The first-order valence-electron chi connectivity index (χ1n) is 4.33. The number of halogens is 2. The van der Waals surface area contributed by atoms with E-state index in [0.717, 1.165) is 13.2 Å². The van der Waals surface area contributed by atoms with Crippen molar-refractivity contribution in [1.29, 1.82) is 0 Å². The third-order valence-electron chi connectivity index (χ3n) is 2.16. The van der Waals surface area contributed by atoms with Gasteiger partial charge in [-0.2, -0.15) is 5.10 Å². The van der Waals surface area contributed by atoms with E-state index in [1.807, 2.05) is 10.7 Å². The zero-order valence-corrected chi connectivity index (χ0v) is 12.5. The van der Waals surface area contributed by atoms with Gasteiger partial charge in [0.1, 0.15) is 5.82 Å². The maximum absolute atomic E-state index is 5.93. The maximum atomic E-state index is 5.93. The van der Waals surface area contributed by atoms with E-state index in [1.54, 1.807) is 17.5 Å². The smallest absolute Gasteiger partial charge is 0.135 e. The molecule has 0 radical (unpaired) electrons. The van der Waals surface area contributed by atoms with Gasteiger partial charge in [0.15, 0.2) is 0 Å². The molecule has 2 heterocycles. The Morgan fingerprint density at radius 2 is 2.33 bits per heavy atom. The summed E-state index contributed by atoms with van der Waals surface area (Å²) in [4.78, 5) is 1.24. The van der Waals surface area contributed by atoms with E-state index in [1.165, 1.54) is 4.88 Å². The van der Waals surface area contributed by atoms with Crippen LogP contribution in [0.4, 0.5) is 5.82 Å². The minimum atomic E-state index is 0.185. The summed E-state index contributed by atoms with van der Waals surface area (Å²) in [6, 6.07) is 4.32. The molecule has 2 rings (SSSR count). The Morgan fingerprint density at radius 1 is 1.60 bits per heavy atom. The Morgan fingerprint density at radius 3 is 2.80 bits per heavy atom. The number of nitrogens with two attached hydrogens (primary N) is 1. The number of hydrogen-bond acceptors (Lipinski definition) is 3. The molecule has 6 heteroatoms. The van der Waals surface area contributed by atoms with Gasteiger partial charge in [0.25, 0.3) is 0 Å². The average Bonchev–Trinajstić information content (AvgIpc) is 2.75. The standard InChI is InChI=1S/C9H9BrIN3S/c1-5(7-2-3-8(10)15-7)14-9(12)6(11)4-13-14/h2-5H,12H2,1H3. The van der Waals surface area contributed by atoms with Gasteiger partial charge in [-0.1, -0.05) is 0 Å². The highest BCUT2D eigenvalue weighted by Gasteiger charge is 2.14. The van der Waals surface area contributed by atoms with E-state index in [4.69, 9.17) is 5.73 Å². The Kier molecular flexibility index (Phi) is 3.36. The third-order valence-corrected chi connectivity index (χ3v) is 4.78. The van der Waals surface area contributed by atoms with Crippen LogP contribution in [0.3, 0.4) is 0 Å². The molecule has 1 atom stereocenters. The molecule has 0 saturated heterocycles. The maximum Gasteiger partial charge on any atom is 0.135 e. The van der Waals surface area contributed by atoms with Crippen molar-refractivity contribution >= 4 is 55.7 Å². The molecule has 0 spiro atoms. The molecule has 3 nitrogen and oxygen atoms in total. The van der Waals surface area contributed by atoms with E-state index < -0.39 is 0 Å². The quantitative estimate of drug-likeness (QED) is 0.788. The van der Waals surface area contributed by atoms with Gasteiger partial charge in [-0.25, -0.2) is 4.68 Å². The van der Waals surface area contributed by atoms with Crippen molar-refractivity contribution in [2.45, 2.75) is 13.0 Å². The lowest BCUT2D eigenvalue weighted by Gasteiger charge is -2.11. The van der Waals surface area contributed by atoms with E-state index in [9.17, 15) is 0 Å². The van der Waals surface area contributed by atoms with Crippen molar-refractivity contribution in [2.24, 2.45) is 0 Å². The van der Waals surface area contributed by atoms with Crippen LogP contribution in [0.1, 0.15) is 17.8 Å². The zero-order valence-electron chi connectivity index (χ0n) is 7.95. The van der Waals surface area contributed by atoms with Gasteiger partial charge in [-0.05, 0) is 57.6 Å². The molecule has 80 valence electrons. The van der Waals surface area contributed by atoms with Gasteiger partial charge in [0.05, 0.1) is 19.6 Å². The minimum Gasteiger partial charge on any atom is -0.383 e. The highest BCUT2D eigenvalue weighted by Crippen LogP contribution is 2.31. The molecular formula is C9H9BrIN3S. The molecule has 2 N–H and O–H groups in total. The fourth-order valence-corrected chi connectivity index (χ4v) is 3.16. The normalized spacial score (nSPS) is 13.0. The van der Waals surface area contributed by atoms with Gasteiger partial charge < -0.3 is 5.73 Å². The lowest BCUT2D eigenvalue weighted by atomic mass is 10.3. The molecule has 1 unspecified atom stereocenters. The lowest BCUT2D eigenvalue weighted by Crippen LogP contribution is -2.10. The fourth-order valence-electron chi connectivity index (χ4n) is 1.33. The van der Waals surface area contributed by atoms with Crippen molar-refractivity contribution in [3.05, 3.63) is 30.6 Å². The van der Waals surface area contributed by atoms with Crippen molar-refractivity contribution < 1.29 is 0 Å². The second-order valence-electron chi connectivity index (χ2n) is 3.14. The molecule has 2 aromatic heterocycles. The summed E-state index contributed by atoms with van der Waals surface area (Å²) in [6.45, 7) is 2.09. The van der Waals surface area contributed by atoms with Crippen LogP contribution in [-0.4, -0.2) is 9.78 Å². The number of anilines is 1. The molecule has 0 amide bonds. The summed E-state index contributed by atoms with van der Waals surface area (Å²) in [5, 5.41) is 4.28. The second kappa shape index (κ2) is 4.42. The highest BCUT2D eigenvalue weighted by molar-refractivity contribution is 14.1. The molecule has 0 aliphatic carbocycles. The first-order valence-corrected chi connectivity index (χ1v) is 7.02. The van der Waals surface area contributed by atoms with Crippen LogP contribution in [0.25, 0.3) is 0 Å². The van der Waals surface area contributed by atoms with Gasteiger partial charge in [-0.3, -0.25) is 0 Å². The number of aromatic nitrogens is 2. The van der Waals surface area contributed by atoms with Crippen LogP contribution in [0, 0.1) is 3.57 Å². The van der Waals surface area contributed by atoms with Gasteiger partial charge in [0, 0.05) is 4.88 Å². The summed E-state index contributed by atoms with van der Waals surface area (Å²) in [5.74, 6) is 0.729. The van der Waals surface area contributed by atoms with Crippen molar-refractivity contribution in [3.63, 3.8) is 0 Å². The number of hydrogen-bond donors (Lipinski definition) is 1. The topological polar surface area (TPSA) is 43.8 Å². The second-order valence-corrected chi connectivity index (χ2v) is 6.80. The summed E-state index contributed by atoms with van der Waals surface area (Å²) in [5.41, 5.74) is 5.93. The van der Waals surface area contributed by atoms with E-state index in [-0.39, 0.29) is 6.04 Å². The molecule has 15 heavy (non-hydrogen) atoms. The predicted molar refractivity (Wildman–Crippen MR) is 75.2 cm³/mol. The lowest BCUT2D eigenvalue weighted by molar-refractivity contribution is 0.581. The Bertz CT molecular complexity index is 479. The third kappa shape index (κ3) is 2.21. The van der Waals surface area contributed by atoms with E-state index in [0.29, 0.717) is 0 Å². The van der Waals surface area contributed by atoms with Gasteiger partial charge in [-0.15, -0.1) is 11.3 Å². The zero-order chi connectivity index (χ0) is 11.0. The predicted octanol–water partition coefficient (Wildman–Crippen LogP) is 3.50. The molecule has 0 aliphatic rings. The van der Waals surface area contributed by atoms with Crippen LogP contribution < -0.4 is 5.73 Å². The first kappa shape index (κ1) is 11.4. The van der Waals surface area contributed by atoms with E-state index >= 15 is 0 Å². The molecule has 2 aromatic rings. The molecule has 0 aliphatic heterocycles. The largest absolute Gasteiger partial charge is 0.383 e. The summed E-state index contributed by atoms with van der Waals surface area (Å²) in [6.07, 6.45) is 1.79. The van der Waals surface area contributed by atoms with E-state index in [2.05, 4.69) is 56.6 Å². The van der Waals surface area contributed by atoms with Crippen LogP contribution in [-0.2, 0) is 0 Å². The minimum absolute atomic E-state index is 0.185. The van der Waals surface area contributed by atoms with Crippen LogP contribution in [0.2, 0.25) is 0 Å². The van der Waals surface area contributed by atoms with Crippen LogP contribution in [0.15, 0.2) is 22.1 Å². The summed E-state index contributed by atoms with van der Waals surface area (Å²) in [7, 11) is 0. The van der Waals surface area contributed by atoms with Gasteiger partial charge in [0.2, 0.25) is 0 Å². The van der Waals surface area contributed by atoms with Gasteiger partial charge >= 0.3 is 0 Å². The molecule has 0 bridgehead atoms. The molecule has 0 fully saturated rings. The Labute approximate surface area is 114 Å². The first-order chi connectivity index (χ1) is 7.09. The number of nitrogens with zero attached hydrogens (tertiary/aromatic N) is 2. The van der Waals surface area contributed by atoms with Crippen LogP contribution in [0.5, 0.6) is 0 Å². The molecule has 0 saturated carbocycles. The molecular weight excluding hydrogens is 389 g/mol. The van der Waals surface area contributed by atoms with Crippen molar-refractivity contribution in [2.75, 3.05) is 5.73 Å². The average molecular weight is 398 g/mol. The summed E-state index contributed by atoms with van der Waals surface area (Å²) >= 11 is 7.35.